The molecule has 25 heavy (non-hydrogen) atoms. The van der Waals surface area contributed by atoms with E-state index in [1.54, 1.807) is 25.3 Å². The Bertz CT molecular complexity index is 756. The van der Waals surface area contributed by atoms with E-state index >= 15 is 0 Å². The monoisotopic (exact) mass is 336 g/mol. The molecule has 0 amide bonds. The standard InChI is InChI=1S/C21H20O4/c1-23-17-11-13-18(14-12-17)25-21-19(22)15-24-20(21)10-6-5-9-16-7-3-2-4-8-16/h2-4,6-8,10-14,19-22H,15H2,1H3/b10-6+/t19-,20+,21-/m1/s1. The molecule has 2 aromatic carbocycles. The Morgan fingerprint density at radius 2 is 1.80 bits per heavy atom. The molecule has 0 unspecified atom stereocenters. The molecule has 0 bridgehead atoms. The second-order valence-corrected chi connectivity index (χ2v) is 5.62. The molecule has 1 heterocycles. The highest BCUT2D eigenvalue weighted by Gasteiger charge is 2.36. The summed E-state index contributed by atoms with van der Waals surface area (Å²) in [5, 5.41) is 10.1. The minimum atomic E-state index is -0.682. The van der Waals surface area contributed by atoms with Crippen LogP contribution in [0.4, 0.5) is 0 Å². The first-order chi connectivity index (χ1) is 12.3. The zero-order chi connectivity index (χ0) is 17.5. The zero-order valence-corrected chi connectivity index (χ0v) is 14.0. The lowest BCUT2D eigenvalue weighted by atomic mass is 10.1. The molecule has 2 aromatic rings. The maximum atomic E-state index is 10.1. The van der Waals surface area contributed by atoms with Crippen LogP contribution in [-0.4, -0.2) is 37.1 Å². The van der Waals surface area contributed by atoms with Crippen LogP contribution < -0.4 is 9.47 Å². The van der Waals surface area contributed by atoms with E-state index in [1.807, 2.05) is 48.5 Å². The molecule has 0 spiro atoms. The highest BCUT2D eigenvalue weighted by atomic mass is 16.6. The van der Waals surface area contributed by atoms with Gasteiger partial charge in [0.25, 0.3) is 0 Å². The van der Waals surface area contributed by atoms with E-state index in [9.17, 15) is 5.11 Å². The number of allylic oxidation sites excluding steroid dienone is 1. The summed E-state index contributed by atoms with van der Waals surface area (Å²) in [6, 6.07) is 17.0. The van der Waals surface area contributed by atoms with E-state index in [1.165, 1.54) is 0 Å². The summed E-state index contributed by atoms with van der Waals surface area (Å²) >= 11 is 0. The Hall–Kier alpha value is -2.74. The van der Waals surface area contributed by atoms with Crippen LogP contribution in [0.25, 0.3) is 0 Å². The average Bonchev–Trinajstić information content (AvgIpc) is 3.00. The van der Waals surface area contributed by atoms with Gasteiger partial charge in [0, 0.05) is 5.56 Å². The van der Waals surface area contributed by atoms with Crippen LogP contribution in [-0.2, 0) is 4.74 Å². The molecule has 1 fully saturated rings. The summed E-state index contributed by atoms with van der Waals surface area (Å²) in [6.45, 7) is 0.238. The normalized spacial score (nSPS) is 22.4. The SMILES string of the molecule is COc1ccc(O[C@@H]2[C@H](O)CO[C@H]2/C=C/C#Cc2ccccc2)cc1. The van der Waals surface area contributed by atoms with Gasteiger partial charge >= 0.3 is 0 Å². The third kappa shape index (κ3) is 4.63. The molecule has 0 saturated carbocycles. The predicted octanol–water partition coefficient (Wildman–Crippen LogP) is 2.81. The zero-order valence-electron chi connectivity index (χ0n) is 14.0. The summed E-state index contributed by atoms with van der Waals surface area (Å²) in [5.74, 6) is 7.44. The lowest BCUT2D eigenvalue weighted by Gasteiger charge is -2.19. The molecule has 1 N–H and O–H groups in total. The van der Waals surface area contributed by atoms with Crippen LogP contribution in [0.3, 0.4) is 0 Å². The number of methoxy groups -OCH3 is 1. The Morgan fingerprint density at radius 1 is 1.08 bits per heavy atom. The highest BCUT2D eigenvalue weighted by molar-refractivity contribution is 5.37. The van der Waals surface area contributed by atoms with Crippen molar-refractivity contribution in [3.8, 4) is 23.3 Å². The minimum Gasteiger partial charge on any atom is -0.497 e. The summed E-state index contributed by atoms with van der Waals surface area (Å²) < 4.78 is 16.6. The van der Waals surface area contributed by atoms with Crippen LogP contribution in [0, 0.1) is 11.8 Å². The van der Waals surface area contributed by atoms with E-state index in [4.69, 9.17) is 14.2 Å². The fraction of sp³-hybridized carbons (Fsp3) is 0.238. The molecule has 0 radical (unpaired) electrons. The van der Waals surface area contributed by atoms with Crippen LogP contribution in [0.15, 0.2) is 66.7 Å². The van der Waals surface area contributed by atoms with Crippen molar-refractivity contribution in [3.63, 3.8) is 0 Å². The topological polar surface area (TPSA) is 47.9 Å². The van der Waals surface area contributed by atoms with Gasteiger partial charge in [-0.15, -0.1) is 0 Å². The maximum absolute atomic E-state index is 10.1. The van der Waals surface area contributed by atoms with Gasteiger partial charge in [0.05, 0.1) is 13.7 Å². The van der Waals surface area contributed by atoms with Gasteiger partial charge in [0.1, 0.15) is 23.7 Å². The van der Waals surface area contributed by atoms with Gasteiger partial charge in [-0.05, 0) is 48.6 Å². The van der Waals surface area contributed by atoms with Crippen molar-refractivity contribution in [2.45, 2.75) is 18.3 Å². The molecule has 0 aromatic heterocycles. The minimum absolute atomic E-state index is 0.238. The quantitative estimate of drug-likeness (QED) is 0.872. The van der Waals surface area contributed by atoms with Gasteiger partial charge in [-0.2, -0.15) is 0 Å². The van der Waals surface area contributed by atoms with Crippen LogP contribution in [0.2, 0.25) is 0 Å². The number of aliphatic hydroxyl groups is 1. The molecule has 128 valence electrons. The smallest absolute Gasteiger partial charge is 0.156 e. The predicted molar refractivity (Wildman–Crippen MR) is 95.6 cm³/mol. The molecule has 4 nitrogen and oxygen atoms in total. The van der Waals surface area contributed by atoms with Gasteiger partial charge in [-0.3, -0.25) is 0 Å². The van der Waals surface area contributed by atoms with Gasteiger partial charge in [0.15, 0.2) is 6.10 Å². The third-order valence-corrected chi connectivity index (χ3v) is 3.85. The Labute approximate surface area is 147 Å². The first-order valence-corrected chi connectivity index (χ1v) is 8.10. The number of ether oxygens (including phenoxy) is 3. The van der Waals surface area contributed by atoms with Crippen LogP contribution >= 0.6 is 0 Å². The fourth-order valence-corrected chi connectivity index (χ4v) is 2.53. The summed E-state index contributed by atoms with van der Waals surface area (Å²) in [5.41, 5.74) is 0.950. The van der Waals surface area contributed by atoms with Crippen molar-refractivity contribution in [1.29, 1.82) is 0 Å². The fourth-order valence-electron chi connectivity index (χ4n) is 2.53. The molecule has 1 saturated heterocycles. The Kier molecular flexibility index (Phi) is 5.73. The van der Waals surface area contributed by atoms with Crippen molar-refractivity contribution in [3.05, 3.63) is 72.3 Å². The molecular formula is C21H20O4. The number of hydrogen-bond acceptors (Lipinski definition) is 4. The largest absolute Gasteiger partial charge is 0.497 e. The summed E-state index contributed by atoms with van der Waals surface area (Å²) in [6.07, 6.45) is 2.06. The molecule has 4 heteroatoms. The van der Waals surface area contributed by atoms with E-state index < -0.39 is 12.2 Å². The van der Waals surface area contributed by atoms with Crippen molar-refractivity contribution < 1.29 is 19.3 Å². The van der Waals surface area contributed by atoms with Gasteiger partial charge in [-0.1, -0.05) is 30.0 Å². The Morgan fingerprint density at radius 3 is 2.52 bits per heavy atom. The van der Waals surface area contributed by atoms with Crippen molar-refractivity contribution in [2.24, 2.45) is 0 Å². The lowest BCUT2D eigenvalue weighted by Crippen LogP contribution is -2.34. The number of aliphatic hydroxyl groups excluding tert-OH is 1. The highest BCUT2D eigenvalue weighted by Crippen LogP contribution is 2.24. The maximum Gasteiger partial charge on any atom is 0.156 e. The van der Waals surface area contributed by atoms with E-state index in [0.29, 0.717) is 5.75 Å². The molecule has 3 rings (SSSR count). The number of hydrogen-bond donors (Lipinski definition) is 1. The molecule has 3 atom stereocenters. The number of rotatable bonds is 4. The summed E-state index contributed by atoms with van der Waals surface area (Å²) in [4.78, 5) is 0. The van der Waals surface area contributed by atoms with Crippen LogP contribution in [0.1, 0.15) is 5.56 Å². The third-order valence-electron chi connectivity index (χ3n) is 3.85. The average molecular weight is 336 g/mol. The molecular weight excluding hydrogens is 316 g/mol. The van der Waals surface area contributed by atoms with Gasteiger partial charge < -0.3 is 19.3 Å². The van der Waals surface area contributed by atoms with Crippen molar-refractivity contribution >= 4 is 0 Å². The van der Waals surface area contributed by atoms with Crippen molar-refractivity contribution in [1.82, 2.24) is 0 Å². The van der Waals surface area contributed by atoms with E-state index in [2.05, 4.69) is 11.8 Å². The van der Waals surface area contributed by atoms with Crippen molar-refractivity contribution in [2.75, 3.05) is 13.7 Å². The van der Waals surface area contributed by atoms with E-state index in [-0.39, 0.29) is 12.7 Å². The van der Waals surface area contributed by atoms with Crippen LogP contribution in [0.5, 0.6) is 11.5 Å². The first-order valence-electron chi connectivity index (χ1n) is 8.10. The molecule has 1 aliphatic heterocycles. The lowest BCUT2D eigenvalue weighted by molar-refractivity contribution is 0.0610. The van der Waals surface area contributed by atoms with Gasteiger partial charge in [-0.25, -0.2) is 0 Å². The molecule has 1 aliphatic rings. The first kappa shape index (κ1) is 17.1. The second-order valence-electron chi connectivity index (χ2n) is 5.62. The van der Waals surface area contributed by atoms with Gasteiger partial charge in [0.2, 0.25) is 0 Å². The molecule has 0 aliphatic carbocycles. The Balaban J connectivity index is 1.64. The summed E-state index contributed by atoms with van der Waals surface area (Å²) in [7, 11) is 1.61. The number of benzene rings is 2. The van der Waals surface area contributed by atoms with E-state index in [0.717, 1.165) is 11.3 Å². The second kappa shape index (κ2) is 8.39.